The average molecular weight is 186 g/mol. The molecule has 0 aromatic carbocycles. The Bertz CT molecular complexity index is 180. The van der Waals surface area contributed by atoms with E-state index in [1.165, 1.54) is 6.92 Å². The zero-order chi connectivity index (χ0) is 10.3. The predicted octanol–water partition coefficient (Wildman–Crippen LogP) is 0.381. The lowest BCUT2D eigenvalue weighted by atomic mass is 10.3. The van der Waals surface area contributed by atoms with Gasteiger partial charge in [-0.1, -0.05) is 6.92 Å². The summed E-state index contributed by atoms with van der Waals surface area (Å²) in [6.45, 7) is 7.08. The second-order valence-corrected chi connectivity index (χ2v) is 2.81. The van der Waals surface area contributed by atoms with Gasteiger partial charge in [0.1, 0.15) is 0 Å². The third kappa shape index (κ3) is 5.22. The van der Waals surface area contributed by atoms with Crippen LogP contribution in [0.1, 0.15) is 27.2 Å². The van der Waals surface area contributed by atoms with Crippen molar-refractivity contribution in [3.63, 3.8) is 0 Å². The molecule has 0 aromatic heterocycles. The van der Waals surface area contributed by atoms with Crippen molar-refractivity contribution in [3.05, 3.63) is 0 Å². The van der Waals surface area contributed by atoms with Crippen LogP contribution in [-0.4, -0.2) is 36.3 Å². The fourth-order valence-corrected chi connectivity index (χ4v) is 1.05. The SMILES string of the molecule is CCC(=O)N(CC)CCNC(C)=O. The Balaban J connectivity index is 3.72. The number of carbonyl (C=O) groups excluding carboxylic acids is 2. The Hall–Kier alpha value is -1.06. The minimum Gasteiger partial charge on any atom is -0.355 e. The molecule has 0 aliphatic heterocycles. The van der Waals surface area contributed by atoms with Crippen LogP contribution in [0.3, 0.4) is 0 Å². The molecule has 0 radical (unpaired) electrons. The predicted molar refractivity (Wildman–Crippen MR) is 51.2 cm³/mol. The fourth-order valence-electron chi connectivity index (χ4n) is 1.05. The Kier molecular flexibility index (Phi) is 5.93. The summed E-state index contributed by atoms with van der Waals surface area (Å²) in [4.78, 5) is 23.5. The molecule has 0 aliphatic carbocycles. The van der Waals surface area contributed by atoms with Crippen molar-refractivity contribution < 1.29 is 9.59 Å². The van der Waals surface area contributed by atoms with E-state index < -0.39 is 0 Å². The highest BCUT2D eigenvalue weighted by Gasteiger charge is 2.07. The van der Waals surface area contributed by atoms with Gasteiger partial charge in [-0.25, -0.2) is 0 Å². The molecule has 0 saturated heterocycles. The van der Waals surface area contributed by atoms with Crippen molar-refractivity contribution in [2.24, 2.45) is 0 Å². The molecule has 0 rings (SSSR count). The van der Waals surface area contributed by atoms with Crippen LogP contribution in [0.15, 0.2) is 0 Å². The van der Waals surface area contributed by atoms with Crippen molar-refractivity contribution in [1.82, 2.24) is 10.2 Å². The van der Waals surface area contributed by atoms with Crippen LogP contribution in [-0.2, 0) is 9.59 Å². The summed E-state index contributed by atoms with van der Waals surface area (Å²) < 4.78 is 0. The third-order valence-corrected chi connectivity index (χ3v) is 1.79. The summed E-state index contributed by atoms with van der Waals surface area (Å²) in [6, 6.07) is 0. The summed E-state index contributed by atoms with van der Waals surface area (Å²) in [5.41, 5.74) is 0. The molecular formula is C9H18N2O2. The molecular weight excluding hydrogens is 168 g/mol. The van der Waals surface area contributed by atoms with Gasteiger partial charge < -0.3 is 10.2 Å². The standard InChI is InChI=1S/C9H18N2O2/c1-4-9(13)11(5-2)7-6-10-8(3)12/h4-7H2,1-3H3,(H,10,12). The van der Waals surface area contributed by atoms with Gasteiger partial charge in [-0.15, -0.1) is 0 Å². The maximum Gasteiger partial charge on any atom is 0.222 e. The molecule has 0 atom stereocenters. The largest absolute Gasteiger partial charge is 0.355 e. The molecule has 13 heavy (non-hydrogen) atoms. The maximum atomic E-state index is 11.2. The minimum absolute atomic E-state index is 0.0556. The molecule has 0 heterocycles. The van der Waals surface area contributed by atoms with Crippen molar-refractivity contribution >= 4 is 11.8 Å². The van der Waals surface area contributed by atoms with Crippen LogP contribution in [0.5, 0.6) is 0 Å². The smallest absolute Gasteiger partial charge is 0.222 e. The van der Waals surface area contributed by atoms with E-state index in [0.29, 0.717) is 26.1 Å². The van der Waals surface area contributed by atoms with Crippen molar-refractivity contribution in [2.75, 3.05) is 19.6 Å². The average Bonchev–Trinajstić information content (AvgIpc) is 2.11. The number of carbonyl (C=O) groups is 2. The first-order valence-electron chi connectivity index (χ1n) is 4.64. The minimum atomic E-state index is -0.0556. The lowest BCUT2D eigenvalue weighted by Crippen LogP contribution is -2.37. The summed E-state index contributed by atoms with van der Waals surface area (Å²) >= 11 is 0. The fraction of sp³-hybridized carbons (Fsp3) is 0.778. The first kappa shape index (κ1) is 11.9. The summed E-state index contributed by atoms with van der Waals surface area (Å²) in [7, 11) is 0. The van der Waals surface area contributed by atoms with Crippen molar-refractivity contribution in [1.29, 1.82) is 0 Å². The van der Waals surface area contributed by atoms with Crippen LogP contribution >= 0.6 is 0 Å². The van der Waals surface area contributed by atoms with E-state index in [4.69, 9.17) is 0 Å². The quantitative estimate of drug-likeness (QED) is 0.675. The van der Waals surface area contributed by atoms with Crippen LogP contribution in [0, 0.1) is 0 Å². The number of likely N-dealkylation sites (N-methyl/N-ethyl adjacent to an activating group) is 1. The molecule has 0 saturated carbocycles. The van der Waals surface area contributed by atoms with Gasteiger partial charge in [0.25, 0.3) is 0 Å². The molecule has 1 N–H and O–H groups in total. The van der Waals surface area contributed by atoms with Gasteiger partial charge in [-0.05, 0) is 6.92 Å². The zero-order valence-electron chi connectivity index (χ0n) is 8.59. The van der Waals surface area contributed by atoms with Gasteiger partial charge in [0.2, 0.25) is 11.8 Å². The van der Waals surface area contributed by atoms with Gasteiger partial charge in [0.05, 0.1) is 0 Å². The molecule has 0 spiro atoms. The highest BCUT2D eigenvalue weighted by atomic mass is 16.2. The molecule has 4 nitrogen and oxygen atoms in total. The third-order valence-electron chi connectivity index (χ3n) is 1.79. The first-order valence-corrected chi connectivity index (χ1v) is 4.64. The molecule has 4 heteroatoms. The number of rotatable bonds is 5. The Morgan fingerprint density at radius 3 is 2.31 bits per heavy atom. The number of nitrogens with one attached hydrogen (secondary N) is 1. The van der Waals surface area contributed by atoms with E-state index in [1.54, 1.807) is 4.90 Å². The Labute approximate surface area is 79.3 Å². The van der Waals surface area contributed by atoms with E-state index >= 15 is 0 Å². The second kappa shape index (κ2) is 6.46. The van der Waals surface area contributed by atoms with Crippen molar-refractivity contribution in [3.8, 4) is 0 Å². The molecule has 0 unspecified atom stereocenters. The van der Waals surface area contributed by atoms with E-state index in [0.717, 1.165) is 0 Å². The van der Waals surface area contributed by atoms with Gasteiger partial charge >= 0.3 is 0 Å². The first-order chi connectivity index (χ1) is 6.11. The second-order valence-electron chi connectivity index (χ2n) is 2.81. The molecule has 0 bridgehead atoms. The van der Waals surface area contributed by atoms with E-state index in [1.807, 2.05) is 13.8 Å². The lowest BCUT2D eigenvalue weighted by molar-refractivity contribution is -0.131. The zero-order valence-corrected chi connectivity index (χ0v) is 8.59. The van der Waals surface area contributed by atoms with Gasteiger partial charge in [-0.3, -0.25) is 9.59 Å². The molecule has 0 aliphatic rings. The van der Waals surface area contributed by atoms with Crippen LogP contribution in [0.2, 0.25) is 0 Å². The van der Waals surface area contributed by atoms with E-state index in [-0.39, 0.29) is 11.8 Å². The maximum absolute atomic E-state index is 11.2. The Morgan fingerprint density at radius 2 is 1.92 bits per heavy atom. The van der Waals surface area contributed by atoms with Crippen LogP contribution in [0.4, 0.5) is 0 Å². The van der Waals surface area contributed by atoms with E-state index in [2.05, 4.69) is 5.32 Å². The van der Waals surface area contributed by atoms with E-state index in [9.17, 15) is 9.59 Å². The van der Waals surface area contributed by atoms with Gasteiger partial charge in [0, 0.05) is 33.0 Å². The highest BCUT2D eigenvalue weighted by Crippen LogP contribution is 1.91. The summed E-state index contributed by atoms with van der Waals surface area (Å²) in [6.07, 6.45) is 0.522. The van der Waals surface area contributed by atoms with Gasteiger partial charge in [-0.2, -0.15) is 0 Å². The molecule has 0 fully saturated rings. The van der Waals surface area contributed by atoms with Crippen LogP contribution < -0.4 is 5.32 Å². The van der Waals surface area contributed by atoms with Crippen LogP contribution in [0.25, 0.3) is 0 Å². The molecule has 0 aromatic rings. The number of hydrogen-bond donors (Lipinski definition) is 1. The van der Waals surface area contributed by atoms with Gasteiger partial charge in [0.15, 0.2) is 0 Å². The topological polar surface area (TPSA) is 49.4 Å². The normalized spacial score (nSPS) is 9.46. The molecule has 76 valence electrons. The monoisotopic (exact) mass is 186 g/mol. The Morgan fingerprint density at radius 1 is 1.31 bits per heavy atom. The number of hydrogen-bond acceptors (Lipinski definition) is 2. The lowest BCUT2D eigenvalue weighted by Gasteiger charge is -2.19. The number of nitrogens with zero attached hydrogens (tertiary/aromatic N) is 1. The number of amides is 2. The summed E-state index contributed by atoms with van der Waals surface area (Å²) in [5, 5.41) is 2.66. The van der Waals surface area contributed by atoms with Crippen molar-refractivity contribution in [2.45, 2.75) is 27.2 Å². The summed E-state index contributed by atoms with van der Waals surface area (Å²) in [5.74, 6) is 0.0767. The highest BCUT2D eigenvalue weighted by molar-refractivity contribution is 5.76. The molecule has 2 amide bonds.